The van der Waals surface area contributed by atoms with E-state index in [0.717, 1.165) is 29.0 Å². The van der Waals surface area contributed by atoms with Crippen molar-refractivity contribution < 1.29 is 14.3 Å². The molecule has 1 N–H and O–H groups in total. The van der Waals surface area contributed by atoms with Gasteiger partial charge in [-0.2, -0.15) is 5.10 Å². The van der Waals surface area contributed by atoms with Crippen LogP contribution < -0.4 is 14.9 Å². The quantitative estimate of drug-likeness (QED) is 0.526. The predicted octanol–water partition coefficient (Wildman–Crippen LogP) is 4.44. The summed E-state index contributed by atoms with van der Waals surface area (Å²) >= 11 is 0. The summed E-state index contributed by atoms with van der Waals surface area (Å²) in [4.78, 5) is 12.0. The fourth-order valence-corrected chi connectivity index (χ4v) is 2.41. The molecule has 144 valence electrons. The van der Waals surface area contributed by atoms with Gasteiger partial charge >= 0.3 is 0 Å². The predicted molar refractivity (Wildman–Crippen MR) is 109 cm³/mol. The molecule has 0 aliphatic carbocycles. The van der Waals surface area contributed by atoms with Gasteiger partial charge in [-0.1, -0.05) is 45.0 Å². The maximum absolute atomic E-state index is 12.0. The van der Waals surface area contributed by atoms with Gasteiger partial charge in [-0.3, -0.25) is 4.79 Å². The van der Waals surface area contributed by atoms with Gasteiger partial charge in [0, 0.05) is 5.56 Å². The van der Waals surface area contributed by atoms with Gasteiger partial charge in [-0.15, -0.1) is 0 Å². The van der Waals surface area contributed by atoms with E-state index in [1.807, 2.05) is 43.3 Å². The summed E-state index contributed by atoms with van der Waals surface area (Å²) in [6.07, 6.45) is 2.50. The molecular weight excluding hydrogens is 340 g/mol. The van der Waals surface area contributed by atoms with E-state index in [0.29, 0.717) is 12.5 Å². The maximum atomic E-state index is 12.0. The zero-order valence-corrected chi connectivity index (χ0v) is 16.5. The molecule has 2 aromatic carbocycles. The average Bonchev–Trinajstić information content (AvgIpc) is 2.66. The smallest absolute Gasteiger partial charge is 0.277 e. The van der Waals surface area contributed by atoms with Gasteiger partial charge in [0.1, 0.15) is 11.5 Å². The summed E-state index contributed by atoms with van der Waals surface area (Å²) in [6.45, 7) is 8.81. The van der Waals surface area contributed by atoms with Crippen molar-refractivity contribution in [1.82, 2.24) is 5.43 Å². The first-order chi connectivity index (χ1) is 13.0. The third-order valence-corrected chi connectivity index (χ3v) is 4.01. The lowest BCUT2D eigenvalue weighted by atomic mass is 10.0. The second-order valence-electron chi connectivity index (χ2n) is 6.65. The zero-order valence-electron chi connectivity index (χ0n) is 16.5. The van der Waals surface area contributed by atoms with E-state index in [-0.39, 0.29) is 12.5 Å². The number of benzene rings is 2. The minimum absolute atomic E-state index is 0.0896. The summed E-state index contributed by atoms with van der Waals surface area (Å²) in [5.41, 5.74) is 5.48. The van der Waals surface area contributed by atoms with Crippen molar-refractivity contribution in [2.24, 2.45) is 5.10 Å². The Morgan fingerprint density at radius 2 is 1.93 bits per heavy atom. The molecule has 0 unspecified atom stereocenters. The Balaban J connectivity index is 1.90. The van der Waals surface area contributed by atoms with Gasteiger partial charge in [0.25, 0.3) is 5.91 Å². The highest BCUT2D eigenvalue weighted by Crippen LogP contribution is 2.24. The number of carbonyl (C=O) groups excluding carboxylic acids is 1. The molecule has 0 aliphatic heterocycles. The first kappa shape index (κ1) is 20.5. The van der Waals surface area contributed by atoms with Crippen LogP contribution >= 0.6 is 0 Å². The van der Waals surface area contributed by atoms with Crippen LogP contribution in [0.15, 0.2) is 47.6 Å². The Hall–Kier alpha value is -2.82. The highest BCUT2D eigenvalue weighted by atomic mass is 16.5. The minimum Gasteiger partial charge on any atom is -0.493 e. The number of ether oxygens (including phenoxy) is 2. The number of nitrogens with zero attached hydrogens (tertiary/aromatic N) is 1. The molecule has 0 saturated heterocycles. The monoisotopic (exact) mass is 368 g/mol. The third kappa shape index (κ3) is 6.44. The molecule has 27 heavy (non-hydrogen) atoms. The second-order valence-corrected chi connectivity index (χ2v) is 6.65. The van der Waals surface area contributed by atoms with Crippen molar-refractivity contribution in [2.75, 3.05) is 13.2 Å². The Morgan fingerprint density at radius 1 is 1.15 bits per heavy atom. The molecule has 0 aromatic heterocycles. The van der Waals surface area contributed by atoms with Crippen LogP contribution in [0.4, 0.5) is 0 Å². The van der Waals surface area contributed by atoms with Crippen LogP contribution in [0.2, 0.25) is 0 Å². The van der Waals surface area contributed by atoms with Crippen LogP contribution in [-0.2, 0) is 4.79 Å². The van der Waals surface area contributed by atoms with Crippen molar-refractivity contribution in [1.29, 1.82) is 0 Å². The normalized spacial score (nSPS) is 11.0. The Labute approximate surface area is 161 Å². The maximum Gasteiger partial charge on any atom is 0.277 e. The van der Waals surface area contributed by atoms with Crippen molar-refractivity contribution in [3.63, 3.8) is 0 Å². The number of amides is 1. The molecule has 0 heterocycles. The van der Waals surface area contributed by atoms with E-state index in [2.05, 4.69) is 37.4 Å². The Kier molecular flexibility index (Phi) is 7.86. The van der Waals surface area contributed by atoms with Gasteiger partial charge < -0.3 is 9.47 Å². The lowest BCUT2D eigenvalue weighted by Crippen LogP contribution is -2.24. The number of hydrogen-bond acceptors (Lipinski definition) is 4. The van der Waals surface area contributed by atoms with E-state index in [4.69, 9.17) is 9.47 Å². The van der Waals surface area contributed by atoms with E-state index in [1.165, 1.54) is 5.56 Å². The largest absolute Gasteiger partial charge is 0.493 e. The summed E-state index contributed by atoms with van der Waals surface area (Å²) in [5, 5.41) is 4.01. The number of carbonyl (C=O) groups is 1. The van der Waals surface area contributed by atoms with Gasteiger partial charge in [0.2, 0.25) is 0 Å². The van der Waals surface area contributed by atoms with Crippen LogP contribution in [0, 0.1) is 6.92 Å². The Morgan fingerprint density at radius 3 is 2.67 bits per heavy atom. The van der Waals surface area contributed by atoms with Gasteiger partial charge in [0.05, 0.1) is 12.8 Å². The van der Waals surface area contributed by atoms with Crippen molar-refractivity contribution >= 4 is 12.1 Å². The fourth-order valence-electron chi connectivity index (χ4n) is 2.41. The number of rotatable bonds is 9. The van der Waals surface area contributed by atoms with E-state index in [1.54, 1.807) is 6.21 Å². The number of hydrogen-bond donors (Lipinski definition) is 1. The van der Waals surface area contributed by atoms with Gasteiger partial charge in [-0.05, 0) is 48.6 Å². The topological polar surface area (TPSA) is 59.9 Å². The number of hydrazone groups is 1. The van der Waals surface area contributed by atoms with Crippen molar-refractivity contribution in [3.05, 3.63) is 59.2 Å². The second kappa shape index (κ2) is 10.4. The lowest BCUT2D eigenvalue weighted by Gasteiger charge is -2.12. The van der Waals surface area contributed by atoms with Gasteiger partial charge in [0.15, 0.2) is 6.61 Å². The number of nitrogens with one attached hydrogen (secondary N) is 1. The zero-order chi connectivity index (χ0) is 19.6. The molecule has 5 heteroatoms. The van der Waals surface area contributed by atoms with Gasteiger partial charge in [-0.25, -0.2) is 5.43 Å². The molecule has 0 spiro atoms. The highest BCUT2D eigenvalue weighted by Gasteiger charge is 2.07. The summed E-state index contributed by atoms with van der Waals surface area (Å²) < 4.78 is 11.3. The van der Waals surface area contributed by atoms with Crippen LogP contribution in [0.3, 0.4) is 0 Å². The van der Waals surface area contributed by atoms with Crippen molar-refractivity contribution in [3.8, 4) is 11.5 Å². The number of para-hydroxylation sites is 1. The first-order valence-corrected chi connectivity index (χ1v) is 9.28. The van der Waals surface area contributed by atoms with E-state index >= 15 is 0 Å². The summed E-state index contributed by atoms with van der Waals surface area (Å²) in [6, 6.07) is 13.6. The molecule has 0 atom stereocenters. The molecule has 0 aliphatic rings. The first-order valence-electron chi connectivity index (χ1n) is 9.28. The molecule has 0 saturated carbocycles. The Bertz CT molecular complexity index is 785. The molecule has 0 radical (unpaired) electrons. The third-order valence-electron chi connectivity index (χ3n) is 4.01. The molecule has 2 rings (SSSR count). The highest BCUT2D eigenvalue weighted by molar-refractivity contribution is 5.85. The van der Waals surface area contributed by atoms with E-state index < -0.39 is 0 Å². The number of aryl methyl sites for hydroxylation is 1. The average molecular weight is 368 g/mol. The van der Waals surface area contributed by atoms with E-state index in [9.17, 15) is 4.79 Å². The molecular formula is C22H28N2O3. The molecule has 0 bridgehead atoms. The van der Waals surface area contributed by atoms with Crippen LogP contribution in [0.1, 0.15) is 49.8 Å². The van der Waals surface area contributed by atoms with Crippen LogP contribution in [-0.4, -0.2) is 25.3 Å². The SMILES string of the molecule is CCCOc1ccccc1/C=N/NC(=O)COc1cc(C(C)C)ccc1C. The standard InChI is InChI=1S/C22H28N2O3/c1-5-12-26-20-9-7-6-8-19(20)14-23-24-22(25)15-27-21-13-18(16(2)3)11-10-17(21)4/h6-11,13-14,16H,5,12,15H2,1-4H3,(H,24,25)/b23-14+. The minimum atomic E-state index is -0.312. The van der Waals surface area contributed by atoms with Crippen molar-refractivity contribution in [2.45, 2.75) is 40.0 Å². The molecule has 0 fully saturated rings. The lowest BCUT2D eigenvalue weighted by molar-refractivity contribution is -0.123. The summed E-state index contributed by atoms with van der Waals surface area (Å²) in [7, 11) is 0. The fraction of sp³-hybridized carbons (Fsp3) is 0.364. The molecule has 1 amide bonds. The summed E-state index contributed by atoms with van der Waals surface area (Å²) in [5.74, 6) is 1.56. The van der Waals surface area contributed by atoms with Crippen LogP contribution in [0.5, 0.6) is 11.5 Å². The van der Waals surface area contributed by atoms with Crippen LogP contribution in [0.25, 0.3) is 0 Å². The molecule has 5 nitrogen and oxygen atoms in total. The molecule has 2 aromatic rings.